The zero-order valence-corrected chi connectivity index (χ0v) is 25.2. The Kier molecular flexibility index (Phi) is 9.06. The zero-order chi connectivity index (χ0) is 29.5. The molecule has 5 aromatic rings. The van der Waals surface area contributed by atoms with Crippen LogP contribution in [0.4, 0.5) is 0 Å². The second kappa shape index (κ2) is 13.1. The van der Waals surface area contributed by atoms with Crippen LogP contribution in [0.1, 0.15) is 26.6 Å². The maximum Gasteiger partial charge on any atom is 0.192 e. The highest BCUT2D eigenvalue weighted by Gasteiger charge is 2.14. The Labute approximate surface area is 250 Å². The second-order valence-corrected chi connectivity index (χ2v) is 12.8. The lowest BCUT2D eigenvalue weighted by Gasteiger charge is -2.22. The summed E-state index contributed by atoms with van der Waals surface area (Å²) in [5.41, 5.74) is 3.29. The standard InChI is InChI=1S/C33H34N6O2S/c1-24(42-33(2,3)4)22-38(5)19-9-10-20-40-26-13-14-27-29(21-26)34-18-17-30(27)41-23-32-36-35-31-16-15-28(37-39(31)32)25-11-7-6-8-12-25/h6-8,11-18,21H,1,19-20,22-23H2,2-5H3. The molecule has 0 amide bonds. The van der Waals surface area contributed by atoms with Crippen molar-refractivity contribution in [1.82, 2.24) is 29.7 Å². The molecule has 9 heteroatoms. The molecule has 0 saturated heterocycles. The number of fused-ring (bicyclic) bond motifs is 2. The minimum absolute atomic E-state index is 0.163. The fourth-order valence-corrected chi connectivity index (χ4v) is 5.48. The van der Waals surface area contributed by atoms with E-state index in [1.54, 1.807) is 22.5 Å². The molecule has 5 rings (SSSR count). The van der Waals surface area contributed by atoms with Gasteiger partial charge in [-0.2, -0.15) is 9.61 Å². The van der Waals surface area contributed by atoms with E-state index in [4.69, 9.17) is 14.6 Å². The molecular weight excluding hydrogens is 544 g/mol. The lowest BCUT2D eigenvalue weighted by molar-refractivity contribution is 0.296. The number of hydrogen-bond donors (Lipinski definition) is 0. The first-order valence-electron chi connectivity index (χ1n) is 13.7. The first-order chi connectivity index (χ1) is 20.2. The summed E-state index contributed by atoms with van der Waals surface area (Å²) in [6, 6.07) is 21.4. The van der Waals surface area contributed by atoms with Crippen LogP contribution < -0.4 is 9.47 Å². The smallest absolute Gasteiger partial charge is 0.192 e. The van der Waals surface area contributed by atoms with Crippen LogP contribution in [0.15, 0.2) is 84.4 Å². The molecule has 0 unspecified atom stereocenters. The van der Waals surface area contributed by atoms with Gasteiger partial charge >= 0.3 is 0 Å². The monoisotopic (exact) mass is 578 g/mol. The van der Waals surface area contributed by atoms with Crippen LogP contribution >= 0.6 is 11.8 Å². The summed E-state index contributed by atoms with van der Waals surface area (Å²) in [6.45, 7) is 12.7. The van der Waals surface area contributed by atoms with Crippen molar-refractivity contribution in [2.24, 2.45) is 0 Å². The number of pyridine rings is 1. The third kappa shape index (κ3) is 7.66. The highest BCUT2D eigenvalue weighted by Crippen LogP contribution is 2.30. The molecule has 3 heterocycles. The summed E-state index contributed by atoms with van der Waals surface area (Å²) >= 11 is 1.80. The van der Waals surface area contributed by atoms with Crippen LogP contribution in [0.2, 0.25) is 0 Å². The highest BCUT2D eigenvalue weighted by molar-refractivity contribution is 8.04. The Balaban J connectivity index is 1.18. The Bertz CT molecular complexity index is 1750. The molecule has 0 atom stereocenters. The SMILES string of the molecule is C=C(CN(C)CC#CCOc1ccc2c(OCc3nnc4ccc(-c5ccccc5)nn34)ccnc2c1)SC(C)(C)C. The van der Waals surface area contributed by atoms with Crippen LogP contribution in [-0.2, 0) is 6.61 Å². The minimum Gasteiger partial charge on any atom is -0.485 e. The van der Waals surface area contributed by atoms with E-state index in [9.17, 15) is 0 Å². The number of benzene rings is 2. The van der Waals surface area contributed by atoms with Gasteiger partial charge in [-0.3, -0.25) is 9.88 Å². The van der Waals surface area contributed by atoms with Crippen molar-refractivity contribution in [2.45, 2.75) is 32.1 Å². The normalized spacial score (nSPS) is 11.5. The van der Waals surface area contributed by atoms with Gasteiger partial charge in [-0.15, -0.1) is 22.0 Å². The molecule has 3 aromatic heterocycles. The molecule has 8 nitrogen and oxygen atoms in total. The van der Waals surface area contributed by atoms with Gasteiger partial charge in [0, 0.05) is 34.5 Å². The van der Waals surface area contributed by atoms with E-state index in [2.05, 4.69) is 59.3 Å². The summed E-state index contributed by atoms with van der Waals surface area (Å²) in [5, 5.41) is 14.1. The van der Waals surface area contributed by atoms with Gasteiger partial charge in [-0.05, 0) is 42.3 Å². The first kappa shape index (κ1) is 29.1. The van der Waals surface area contributed by atoms with E-state index in [1.165, 1.54) is 0 Å². The first-order valence-corrected chi connectivity index (χ1v) is 14.5. The largest absolute Gasteiger partial charge is 0.485 e. The lowest BCUT2D eigenvalue weighted by atomic mass is 10.1. The topological polar surface area (TPSA) is 77.7 Å². The van der Waals surface area contributed by atoms with Crippen molar-refractivity contribution in [1.29, 1.82) is 0 Å². The average molecular weight is 579 g/mol. The third-order valence-electron chi connectivity index (χ3n) is 6.11. The fraction of sp³-hybridized carbons (Fsp3) is 0.273. The van der Waals surface area contributed by atoms with Crippen LogP contribution in [0.3, 0.4) is 0 Å². The molecule has 0 aliphatic rings. The van der Waals surface area contributed by atoms with Gasteiger partial charge in [-0.25, -0.2) is 0 Å². The molecule has 42 heavy (non-hydrogen) atoms. The summed E-state index contributed by atoms with van der Waals surface area (Å²) in [6.07, 6.45) is 1.72. The number of nitrogens with zero attached hydrogens (tertiary/aromatic N) is 6. The van der Waals surface area contributed by atoms with Gasteiger partial charge in [0.1, 0.15) is 24.7 Å². The number of ether oxygens (including phenoxy) is 2. The van der Waals surface area contributed by atoms with E-state index in [1.807, 2.05) is 73.8 Å². The number of hydrogen-bond acceptors (Lipinski definition) is 8. The lowest BCUT2D eigenvalue weighted by Crippen LogP contribution is -2.22. The number of aromatic nitrogens is 5. The number of rotatable bonds is 10. The Morgan fingerprint density at radius 2 is 1.83 bits per heavy atom. The van der Waals surface area contributed by atoms with Gasteiger partial charge in [0.15, 0.2) is 11.5 Å². The van der Waals surface area contributed by atoms with Gasteiger partial charge in [0.25, 0.3) is 0 Å². The van der Waals surface area contributed by atoms with Crippen LogP contribution in [0.5, 0.6) is 11.5 Å². The van der Waals surface area contributed by atoms with Gasteiger partial charge in [0.2, 0.25) is 0 Å². The molecule has 0 radical (unpaired) electrons. The van der Waals surface area contributed by atoms with E-state index in [0.717, 1.165) is 33.6 Å². The van der Waals surface area contributed by atoms with E-state index < -0.39 is 0 Å². The van der Waals surface area contributed by atoms with E-state index >= 15 is 0 Å². The zero-order valence-electron chi connectivity index (χ0n) is 24.4. The predicted octanol–water partition coefficient (Wildman–Crippen LogP) is 6.28. The van der Waals surface area contributed by atoms with E-state index in [-0.39, 0.29) is 11.4 Å². The van der Waals surface area contributed by atoms with Crippen molar-refractivity contribution in [3.8, 4) is 34.6 Å². The predicted molar refractivity (Wildman–Crippen MR) is 170 cm³/mol. The minimum atomic E-state index is 0.163. The summed E-state index contributed by atoms with van der Waals surface area (Å²) < 4.78 is 13.9. The van der Waals surface area contributed by atoms with Gasteiger partial charge < -0.3 is 9.47 Å². The summed E-state index contributed by atoms with van der Waals surface area (Å²) in [5.74, 6) is 8.26. The molecule has 2 aromatic carbocycles. The molecule has 0 aliphatic carbocycles. The molecule has 214 valence electrons. The van der Waals surface area contributed by atoms with Crippen molar-refractivity contribution in [3.63, 3.8) is 0 Å². The summed E-state index contributed by atoms with van der Waals surface area (Å²) in [7, 11) is 2.04. The Morgan fingerprint density at radius 1 is 1.00 bits per heavy atom. The Morgan fingerprint density at radius 3 is 2.64 bits per heavy atom. The molecule has 0 fully saturated rings. The van der Waals surface area contributed by atoms with Gasteiger partial charge in [0.05, 0.1) is 17.8 Å². The van der Waals surface area contributed by atoms with Crippen LogP contribution in [-0.4, -0.2) is 61.2 Å². The molecule has 0 bridgehead atoms. The highest BCUT2D eigenvalue weighted by atomic mass is 32.2. The van der Waals surface area contributed by atoms with E-state index in [0.29, 0.717) is 36.1 Å². The van der Waals surface area contributed by atoms with Gasteiger partial charge in [-0.1, -0.05) is 69.5 Å². The van der Waals surface area contributed by atoms with Crippen molar-refractivity contribution >= 4 is 28.3 Å². The summed E-state index contributed by atoms with van der Waals surface area (Å²) in [4.78, 5) is 7.79. The van der Waals surface area contributed by atoms with Crippen molar-refractivity contribution in [2.75, 3.05) is 26.7 Å². The second-order valence-electron chi connectivity index (χ2n) is 10.8. The molecule has 0 N–H and O–H groups in total. The van der Waals surface area contributed by atoms with Crippen molar-refractivity contribution in [3.05, 3.63) is 90.2 Å². The molecule has 0 spiro atoms. The average Bonchev–Trinajstić information content (AvgIpc) is 3.37. The maximum atomic E-state index is 6.17. The molecule has 0 saturated carbocycles. The number of likely N-dealkylation sites (N-methyl/N-ethyl adjacent to an activating group) is 1. The van der Waals surface area contributed by atoms with Crippen LogP contribution in [0, 0.1) is 11.8 Å². The molecular formula is C33H34N6O2S. The van der Waals surface area contributed by atoms with Crippen molar-refractivity contribution < 1.29 is 9.47 Å². The molecule has 0 aliphatic heterocycles. The maximum absolute atomic E-state index is 6.17. The third-order valence-corrected chi connectivity index (χ3v) is 7.14. The fourth-order valence-electron chi connectivity index (χ4n) is 4.33. The quantitative estimate of drug-likeness (QED) is 0.179. The van der Waals surface area contributed by atoms with Crippen LogP contribution in [0.25, 0.3) is 27.8 Å². The Hall–Kier alpha value is -4.39. The number of thioether (sulfide) groups is 1.